The molecule has 0 saturated carbocycles. The fourth-order valence-corrected chi connectivity index (χ4v) is 2.45. The third kappa shape index (κ3) is 3.43. The van der Waals surface area contributed by atoms with Gasteiger partial charge in [0, 0.05) is 24.2 Å². The van der Waals surface area contributed by atoms with Gasteiger partial charge in [-0.3, -0.25) is 0 Å². The highest BCUT2D eigenvalue weighted by molar-refractivity contribution is 5.56. The Morgan fingerprint density at radius 1 is 1.19 bits per heavy atom. The quantitative estimate of drug-likeness (QED) is 0.846. The molecule has 4 nitrogen and oxygen atoms in total. The Hall–Kier alpha value is -1.84. The first-order valence-corrected chi connectivity index (χ1v) is 7.78. The highest BCUT2D eigenvalue weighted by atomic mass is 16.3. The Labute approximate surface area is 127 Å². The van der Waals surface area contributed by atoms with Crippen LogP contribution in [0.4, 0.5) is 5.82 Å². The van der Waals surface area contributed by atoms with Crippen LogP contribution in [0.3, 0.4) is 0 Å². The van der Waals surface area contributed by atoms with Crippen molar-refractivity contribution in [2.45, 2.75) is 53.4 Å². The molecule has 1 N–H and O–H groups in total. The summed E-state index contributed by atoms with van der Waals surface area (Å²) >= 11 is 0. The first-order valence-electron chi connectivity index (χ1n) is 7.78. The summed E-state index contributed by atoms with van der Waals surface area (Å²) in [5, 5.41) is 3.42. The Kier molecular flexibility index (Phi) is 4.99. The molecule has 0 saturated heterocycles. The number of aromatic nitrogens is 2. The lowest BCUT2D eigenvalue weighted by Crippen LogP contribution is -2.10. The number of hydrogen-bond acceptors (Lipinski definition) is 4. The van der Waals surface area contributed by atoms with Gasteiger partial charge in [-0.1, -0.05) is 27.7 Å². The van der Waals surface area contributed by atoms with Gasteiger partial charge < -0.3 is 9.73 Å². The molecule has 4 heteroatoms. The zero-order valence-corrected chi connectivity index (χ0v) is 13.7. The van der Waals surface area contributed by atoms with Crippen LogP contribution in [-0.2, 0) is 6.42 Å². The minimum Gasteiger partial charge on any atom is -0.458 e. The Bertz CT molecular complexity index is 602. The van der Waals surface area contributed by atoms with Crippen molar-refractivity contribution in [1.29, 1.82) is 0 Å². The smallest absolute Gasteiger partial charge is 0.197 e. The molecule has 0 bridgehead atoms. The molecule has 2 heterocycles. The predicted molar refractivity (Wildman–Crippen MR) is 86.7 cm³/mol. The van der Waals surface area contributed by atoms with Crippen LogP contribution in [0, 0.1) is 6.92 Å². The van der Waals surface area contributed by atoms with Gasteiger partial charge in [0.15, 0.2) is 11.6 Å². The molecule has 114 valence electrons. The summed E-state index contributed by atoms with van der Waals surface area (Å²) in [6.07, 6.45) is 1.95. The molecule has 0 unspecified atom stereocenters. The van der Waals surface area contributed by atoms with Crippen LogP contribution in [0.25, 0.3) is 11.6 Å². The fourth-order valence-electron chi connectivity index (χ4n) is 2.45. The second-order valence-corrected chi connectivity index (χ2v) is 5.60. The highest BCUT2D eigenvalue weighted by Gasteiger charge is 2.16. The molecular weight excluding hydrogens is 262 g/mol. The number of rotatable bonds is 6. The van der Waals surface area contributed by atoms with E-state index in [0.717, 1.165) is 42.4 Å². The topological polar surface area (TPSA) is 51.0 Å². The zero-order chi connectivity index (χ0) is 15.4. The van der Waals surface area contributed by atoms with Crippen LogP contribution in [0.2, 0.25) is 0 Å². The van der Waals surface area contributed by atoms with Crippen LogP contribution < -0.4 is 5.32 Å². The Morgan fingerprint density at radius 3 is 2.52 bits per heavy atom. The molecule has 0 aromatic carbocycles. The third-order valence-corrected chi connectivity index (χ3v) is 3.49. The molecule has 0 aliphatic rings. The molecule has 0 atom stereocenters. The zero-order valence-electron chi connectivity index (χ0n) is 13.7. The number of hydrogen-bond donors (Lipinski definition) is 1. The van der Waals surface area contributed by atoms with Crippen molar-refractivity contribution in [2.24, 2.45) is 0 Å². The van der Waals surface area contributed by atoms with Crippen molar-refractivity contribution in [3.8, 4) is 11.6 Å². The van der Waals surface area contributed by atoms with E-state index < -0.39 is 0 Å². The molecule has 2 aromatic heterocycles. The van der Waals surface area contributed by atoms with E-state index in [2.05, 4.69) is 38.0 Å². The second kappa shape index (κ2) is 6.74. The van der Waals surface area contributed by atoms with Crippen LogP contribution in [0.5, 0.6) is 0 Å². The summed E-state index contributed by atoms with van der Waals surface area (Å²) in [7, 11) is 0. The molecule has 0 spiro atoms. The average Bonchev–Trinajstić information content (AvgIpc) is 2.92. The monoisotopic (exact) mass is 287 g/mol. The van der Waals surface area contributed by atoms with E-state index in [-0.39, 0.29) is 0 Å². The number of aryl methyl sites for hydroxylation is 2. The van der Waals surface area contributed by atoms with E-state index in [1.807, 2.05) is 19.1 Å². The maximum absolute atomic E-state index is 5.78. The Morgan fingerprint density at radius 2 is 1.95 bits per heavy atom. The SMILES string of the molecule is CCCNc1nc(-c2ccc(CC)o2)nc(C)c1C(C)C. The molecule has 0 aliphatic carbocycles. The minimum absolute atomic E-state index is 0.390. The van der Waals surface area contributed by atoms with Crippen molar-refractivity contribution < 1.29 is 4.42 Å². The lowest BCUT2D eigenvalue weighted by molar-refractivity contribution is 0.525. The number of anilines is 1. The fraction of sp³-hybridized carbons (Fsp3) is 0.529. The molecule has 0 amide bonds. The molecular formula is C17H25N3O. The van der Waals surface area contributed by atoms with Crippen molar-refractivity contribution >= 4 is 5.82 Å². The normalized spacial score (nSPS) is 11.1. The number of nitrogens with zero attached hydrogens (tertiary/aromatic N) is 2. The van der Waals surface area contributed by atoms with Crippen molar-refractivity contribution in [3.05, 3.63) is 29.2 Å². The summed E-state index contributed by atoms with van der Waals surface area (Å²) < 4.78 is 5.78. The van der Waals surface area contributed by atoms with Crippen molar-refractivity contribution in [2.75, 3.05) is 11.9 Å². The molecule has 0 fully saturated rings. The average molecular weight is 287 g/mol. The van der Waals surface area contributed by atoms with Gasteiger partial charge >= 0.3 is 0 Å². The van der Waals surface area contributed by atoms with Gasteiger partial charge in [-0.25, -0.2) is 9.97 Å². The van der Waals surface area contributed by atoms with E-state index in [1.165, 1.54) is 5.56 Å². The van der Waals surface area contributed by atoms with Crippen LogP contribution >= 0.6 is 0 Å². The second-order valence-electron chi connectivity index (χ2n) is 5.60. The molecule has 0 radical (unpaired) electrons. The van der Waals surface area contributed by atoms with Gasteiger partial charge in [-0.05, 0) is 31.4 Å². The van der Waals surface area contributed by atoms with Gasteiger partial charge in [-0.15, -0.1) is 0 Å². The standard InChI is InChI=1S/C17H25N3O/c1-6-10-18-17-15(11(3)4)12(5)19-16(20-17)14-9-8-13(7-2)21-14/h8-9,11H,6-7,10H2,1-5H3,(H,18,19,20). The van der Waals surface area contributed by atoms with E-state index in [0.29, 0.717) is 11.7 Å². The van der Waals surface area contributed by atoms with Gasteiger partial charge in [0.2, 0.25) is 0 Å². The van der Waals surface area contributed by atoms with E-state index in [9.17, 15) is 0 Å². The van der Waals surface area contributed by atoms with E-state index >= 15 is 0 Å². The van der Waals surface area contributed by atoms with Crippen LogP contribution in [0.15, 0.2) is 16.5 Å². The van der Waals surface area contributed by atoms with E-state index in [1.54, 1.807) is 0 Å². The van der Waals surface area contributed by atoms with Gasteiger partial charge in [0.25, 0.3) is 0 Å². The molecule has 0 aliphatic heterocycles. The Balaban J connectivity index is 2.45. The lowest BCUT2D eigenvalue weighted by atomic mass is 10.0. The summed E-state index contributed by atoms with van der Waals surface area (Å²) in [4.78, 5) is 9.33. The minimum atomic E-state index is 0.390. The maximum Gasteiger partial charge on any atom is 0.197 e. The van der Waals surface area contributed by atoms with Crippen LogP contribution in [-0.4, -0.2) is 16.5 Å². The van der Waals surface area contributed by atoms with E-state index in [4.69, 9.17) is 9.40 Å². The van der Waals surface area contributed by atoms with Gasteiger partial charge in [-0.2, -0.15) is 0 Å². The first-order chi connectivity index (χ1) is 10.1. The summed E-state index contributed by atoms with van der Waals surface area (Å²) in [5.74, 6) is 3.69. The maximum atomic E-state index is 5.78. The number of nitrogens with one attached hydrogen (secondary N) is 1. The highest BCUT2D eigenvalue weighted by Crippen LogP contribution is 2.29. The van der Waals surface area contributed by atoms with Crippen molar-refractivity contribution in [3.63, 3.8) is 0 Å². The summed E-state index contributed by atoms with van der Waals surface area (Å²) in [6.45, 7) is 11.5. The third-order valence-electron chi connectivity index (χ3n) is 3.49. The largest absolute Gasteiger partial charge is 0.458 e. The summed E-state index contributed by atoms with van der Waals surface area (Å²) in [6, 6.07) is 3.94. The predicted octanol–water partition coefficient (Wildman–Crippen LogP) is 4.55. The molecule has 2 aromatic rings. The number of furan rings is 1. The summed E-state index contributed by atoms with van der Waals surface area (Å²) in [5.41, 5.74) is 2.21. The molecule has 2 rings (SSSR count). The van der Waals surface area contributed by atoms with Gasteiger partial charge in [0.05, 0.1) is 0 Å². The lowest BCUT2D eigenvalue weighted by Gasteiger charge is -2.16. The van der Waals surface area contributed by atoms with Crippen LogP contribution in [0.1, 0.15) is 57.1 Å². The molecule has 21 heavy (non-hydrogen) atoms. The van der Waals surface area contributed by atoms with Gasteiger partial charge in [0.1, 0.15) is 11.6 Å². The van der Waals surface area contributed by atoms with Crippen molar-refractivity contribution in [1.82, 2.24) is 9.97 Å². The first kappa shape index (κ1) is 15.5.